The number of hydrogen-bond acceptors (Lipinski definition) is 5. The molecule has 2 atom stereocenters. The molecule has 2 rings (SSSR count). The molecule has 1 N–H and O–H groups in total. The summed E-state index contributed by atoms with van der Waals surface area (Å²) in [6.45, 7) is 13.4. The smallest absolute Gasteiger partial charge is 0.232 e. The minimum atomic E-state index is 0.105. The van der Waals surface area contributed by atoms with E-state index in [0.29, 0.717) is 24.4 Å². The number of aryl methyl sites for hydroxylation is 1. The molecule has 0 spiro atoms. The first-order valence-electron chi connectivity index (χ1n) is 9.38. The molecule has 0 radical (unpaired) electrons. The minimum absolute atomic E-state index is 0.105. The molecular formula is C21H32N4O. The van der Waals surface area contributed by atoms with Gasteiger partial charge in [-0.1, -0.05) is 33.8 Å². The Kier molecular flexibility index (Phi) is 6.95. The number of ether oxygens (including phenoxy) is 1. The Hall–Kier alpha value is -2.17. The van der Waals surface area contributed by atoms with Crippen molar-refractivity contribution in [3.63, 3.8) is 0 Å². The fraction of sp³-hybridized carbons (Fsp3) is 0.571. The van der Waals surface area contributed by atoms with Gasteiger partial charge in [0.25, 0.3) is 0 Å². The van der Waals surface area contributed by atoms with Gasteiger partial charge < -0.3 is 10.1 Å². The molecule has 26 heavy (non-hydrogen) atoms. The van der Waals surface area contributed by atoms with E-state index in [4.69, 9.17) is 4.74 Å². The van der Waals surface area contributed by atoms with E-state index < -0.39 is 0 Å². The molecule has 0 aliphatic carbocycles. The summed E-state index contributed by atoms with van der Waals surface area (Å²) in [5, 5.41) is 3.47. The normalized spacial score (nSPS) is 13.9. The molecule has 0 aliphatic heterocycles. The summed E-state index contributed by atoms with van der Waals surface area (Å²) in [5.74, 6) is 1.87. The van der Waals surface area contributed by atoms with Crippen molar-refractivity contribution in [3.05, 3.63) is 42.0 Å². The predicted octanol–water partition coefficient (Wildman–Crippen LogP) is 4.99. The summed E-state index contributed by atoms with van der Waals surface area (Å²) < 4.78 is 5.78. The van der Waals surface area contributed by atoms with E-state index in [1.165, 1.54) is 0 Å². The van der Waals surface area contributed by atoms with E-state index in [0.717, 1.165) is 30.0 Å². The number of hydrogen-bond donors (Lipinski definition) is 1. The Balaban J connectivity index is 1.86. The first kappa shape index (κ1) is 20.1. The van der Waals surface area contributed by atoms with E-state index in [1.807, 2.05) is 31.3 Å². The summed E-state index contributed by atoms with van der Waals surface area (Å²) in [6.07, 6.45) is 5.59. The summed E-state index contributed by atoms with van der Waals surface area (Å²) in [6, 6.07) is 6.39. The van der Waals surface area contributed by atoms with Crippen LogP contribution in [0.25, 0.3) is 0 Å². The molecule has 2 heterocycles. The third-order valence-electron chi connectivity index (χ3n) is 4.10. The molecule has 0 aromatic carbocycles. The van der Waals surface area contributed by atoms with Gasteiger partial charge in [0.05, 0.1) is 18.5 Å². The molecule has 0 amide bonds. The van der Waals surface area contributed by atoms with E-state index in [1.54, 1.807) is 6.20 Å². The Labute approximate surface area is 157 Å². The molecule has 0 saturated heterocycles. The highest BCUT2D eigenvalue weighted by Crippen LogP contribution is 2.22. The Bertz CT molecular complexity index is 696. The lowest BCUT2D eigenvalue weighted by Gasteiger charge is -2.19. The molecule has 2 unspecified atom stereocenters. The fourth-order valence-corrected chi connectivity index (χ4v) is 2.56. The first-order valence-corrected chi connectivity index (χ1v) is 9.38. The van der Waals surface area contributed by atoms with Crippen LogP contribution >= 0.6 is 0 Å². The molecule has 5 heteroatoms. The summed E-state index contributed by atoms with van der Waals surface area (Å²) in [4.78, 5) is 13.4. The van der Waals surface area contributed by atoms with E-state index in [9.17, 15) is 0 Å². The molecule has 0 fully saturated rings. The van der Waals surface area contributed by atoms with Crippen LogP contribution in [0.3, 0.4) is 0 Å². The van der Waals surface area contributed by atoms with Gasteiger partial charge in [-0.15, -0.1) is 0 Å². The summed E-state index contributed by atoms with van der Waals surface area (Å²) >= 11 is 0. The average molecular weight is 357 g/mol. The Morgan fingerprint density at radius 1 is 1.08 bits per heavy atom. The Morgan fingerprint density at radius 2 is 1.85 bits per heavy atom. The molecule has 0 bridgehead atoms. The van der Waals surface area contributed by atoms with Gasteiger partial charge >= 0.3 is 0 Å². The zero-order valence-corrected chi connectivity index (χ0v) is 16.9. The van der Waals surface area contributed by atoms with Crippen molar-refractivity contribution in [3.8, 4) is 5.88 Å². The highest BCUT2D eigenvalue weighted by molar-refractivity contribution is 5.36. The number of anilines is 1. The molecule has 2 aromatic heterocycles. The van der Waals surface area contributed by atoms with Crippen molar-refractivity contribution < 1.29 is 4.74 Å². The van der Waals surface area contributed by atoms with Crippen molar-refractivity contribution in [2.75, 3.05) is 11.9 Å². The van der Waals surface area contributed by atoms with Crippen molar-refractivity contribution in [2.24, 2.45) is 5.41 Å². The lowest BCUT2D eigenvalue weighted by Crippen LogP contribution is -2.18. The van der Waals surface area contributed by atoms with Crippen LogP contribution < -0.4 is 10.1 Å². The molecule has 5 nitrogen and oxygen atoms in total. The highest BCUT2D eigenvalue weighted by atomic mass is 16.5. The van der Waals surface area contributed by atoms with Crippen molar-refractivity contribution >= 4 is 5.82 Å². The summed E-state index contributed by atoms with van der Waals surface area (Å²) in [7, 11) is 0. The van der Waals surface area contributed by atoms with E-state index in [-0.39, 0.29) is 5.41 Å². The number of nitrogens with one attached hydrogen (secondary N) is 1. The Morgan fingerprint density at radius 3 is 2.54 bits per heavy atom. The maximum atomic E-state index is 5.78. The van der Waals surface area contributed by atoms with Crippen LogP contribution in [0.2, 0.25) is 0 Å². The van der Waals surface area contributed by atoms with Gasteiger partial charge in [0.15, 0.2) is 0 Å². The van der Waals surface area contributed by atoms with Crippen molar-refractivity contribution in [1.29, 1.82) is 0 Å². The highest BCUT2D eigenvalue weighted by Gasteiger charge is 2.14. The van der Waals surface area contributed by atoms with Gasteiger partial charge in [-0.2, -0.15) is 0 Å². The van der Waals surface area contributed by atoms with Crippen LogP contribution in [-0.4, -0.2) is 27.6 Å². The van der Waals surface area contributed by atoms with Gasteiger partial charge in [0.1, 0.15) is 5.82 Å². The average Bonchev–Trinajstić information content (AvgIpc) is 2.57. The largest absolute Gasteiger partial charge is 0.476 e. The maximum absolute atomic E-state index is 5.78. The number of nitrogens with zero attached hydrogens (tertiary/aromatic N) is 3. The summed E-state index contributed by atoms with van der Waals surface area (Å²) in [5.41, 5.74) is 2.11. The zero-order valence-electron chi connectivity index (χ0n) is 16.9. The van der Waals surface area contributed by atoms with Crippen LogP contribution in [0.4, 0.5) is 5.82 Å². The second-order valence-corrected chi connectivity index (χ2v) is 8.32. The quantitative estimate of drug-likeness (QED) is 0.722. The number of aromatic nitrogens is 3. The molecule has 0 saturated carbocycles. The first-order chi connectivity index (χ1) is 12.2. The van der Waals surface area contributed by atoms with Gasteiger partial charge in [-0.3, -0.25) is 4.98 Å². The molecule has 0 aliphatic rings. The zero-order chi connectivity index (χ0) is 19.2. The minimum Gasteiger partial charge on any atom is -0.476 e. The third kappa shape index (κ3) is 6.98. The second kappa shape index (κ2) is 8.97. The van der Waals surface area contributed by atoms with Crippen molar-refractivity contribution in [2.45, 2.75) is 66.3 Å². The standard InChI is InChI=1S/C21H32N4O/c1-15(10-11-17(3)24-19-9-7-8-16(2)23-19)18-12-22-13-20(25-18)26-14-21(4,5)6/h7-9,12-13,15,17H,10-11,14H2,1-6H3,(H,23,24). The molecular weight excluding hydrogens is 324 g/mol. The monoisotopic (exact) mass is 356 g/mol. The maximum Gasteiger partial charge on any atom is 0.232 e. The van der Waals surface area contributed by atoms with Gasteiger partial charge in [0, 0.05) is 23.9 Å². The van der Waals surface area contributed by atoms with E-state index >= 15 is 0 Å². The van der Waals surface area contributed by atoms with Gasteiger partial charge in [-0.05, 0) is 44.2 Å². The second-order valence-electron chi connectivity index (χ2n) is 8.32. The third-order valence-corrected chi connectivity index (χ3v) is 4.10. The van der Waals surface area contributed by atoms with Gasteiger partial charge in [-0.25, -0.2) is 9.97 Å². The van der Waals surface area contributed by atoms with Gasteiger partial charge in [0.2, 0.25) is 5.88 Å². The van der Waals surface area contributed by atoms with Crippen LogP contribution in [0.15, 0.2) is 30.6 Å². The number of pyridine rings is 1. The molecule has 142 valence electrons. The van der Waals surface area contributed by atoms with Crippen LogP contribution in [0, 0.1) is 12.3 Å². The molecule has 2 aromatic rings. The van der Waals surface area contributed by atoms with E-state index in [2.05, 4.69) is 54.9 Å². The topological polar surface area (TPSA) is 59.9 Å². The predicted molar refractivity (Wildman–Crippen MR) is 107 cm³/mol. The number of rotatable bonds is 8. The van der Waals surface area contributed by atoms with Crippen LogP contribution in [-0.2, 0) is 0 Å². The SMILES string of the molecule is Cc1cccc(NC(C)CCC(C)c2cncc(OCC(C)(C)C)n2)n1. The van der Waals surface area contributed by atoms with Crippen molar-refractivity contribution in [1.82, 2.24) is 15.0 Å². The lowest BCUT2D eigenvalue weighted by atomic mass is 9.99. The van der Waals surface area contributed by atoms with Crippen LogP contribution in [0.5, 0.6) is 5.88 Å². The fourth-order valence-electron chi connectivity index (χ4n) is 2.56. The lowest BCUT2D eigenvalue weighted by molar-refractivity contribution is 0.190. The van der Waals surface area contributed by atoms with Crippen LogP contribution in [0.1, 0.15) is 64.8 Å².